The summed E-state index contributed by atoms with van der Waals surface area (Å²) in [5.74, 6) is 0.289. The van der Waals surface area contributed by atoms with Crippen molar-refractivity contribution in [3.05, 3.63) is 29.8 Å². The predicted molar refractivity (Wildman–Crippen MR) is 69.3 cm³/mol. The van der Waals surface area contributed by atoms with Crippen LogP contribution in [0.25, 0.3) is 11.0 Å². The number of hydrogen-bond donors (Lipinski definition) is 2. The summed E-state index contributed by atoms with van der Waals surface area (Å²) >= 11 is 0. The van der Waals surface area contributed by atoms with Gasteiger partial charge in [-0.1, -0.05) is 0 Å². The molecule has 1 aromatic heterocycles. The van der Waals surface area contributed by atoms with Gasteiger partial charge in [-0.05, 0) is 18.2 Å². The smallest absolute Gasteiger partial charge is 0.306 e. The van der Waals surface area contributed by atoms with Crippen molar-refractivity contribution >= 4 is 17.0 Å². The number of aromatic nitrogens is 2. The van der Waals surface area contributed by atoms with Crippen LogP contribution < -0.4 is 5.32 Å². The van der Waals surface area contributed by atoms with Gasteiger partial charge in [0.2, 0.25) is 0 Å². The summed E-state index contributed by atoms with van der Waals surface area (Å²) in [5, 5.41) is 3.12. The topological polar surface area (TPSA) is 67.0 Å². The molecule has 0 saturated heterocycles. The molecule has 0 amide bonds. The van der Waals surface area contributed by atoms with Crippen molar-refractivity contribution in [2.45, 2.75) is 12.8 Å². The molecule has 1 heterocycles. The Balaban J connectivity index is 1.80. The third-order valence-corrected chi connectivity index (χ3v) is 2.77. The minimum absolute atomic E-state index is 0.230. The maximum atomic E-state index is 13.0. The molecular weight excluding hydrogens is 249 g/mol. The lowest BCUT2D eigenvalue weighted by Gasteiger charge is -2.01. The zero-order valence-electron chi connectivity index (χ0n) is 10.7. The van der Waals surface area contributed by atoms with E-state index in [9.17, 15) is 9.18 Å². The Hall–Kier alpha value is -1.95. The summed E-state index contributed by atoms with van der Waals surface area (Å²) in [5.41, 5.74) is 1.45. The van der Waals surface area contributed by atoms with Crippen LogP contribution in [0.4, 0.5) is 4.39 Å². The summed E-state index contributed by atoms with van der Waals surface area (Å²) in [7, 11) is 1.37. The van der Waals surface area contributed by atoms with E-state index in [1.54, 1.807) is 6.07 Å². The molecule has 0 aliphatic carbocycles. The van der Waals surface area contributed by atoms with Crippen molar-refractivity contribution in [2.75, 3.05) is 20.2 Å². The van der Waals surface area contributed by atoms with Crippen molar-refractivity contribution in [3.8, 4) is 0 Å². The Morgan fingerprint density at radius 2 is 2.32 bits per heavy atom. The summed E-state index contributed by atoms with van der Waals surface area (Å²) in [4.78, 5) is 18.3. The molecule has 19 heavy (non-hydrogen) atoms. The van der Waals surface area contributed by atoms with E-state index in [0.29, 0.717) is 31.4 Å². The second kappa shape index (κ2) is 6.29. The lowest BCUT2D eigenvalue weighted by Crippen LogP contribution is -2.21. The number of halogens is 1. The predicted octanol–water partition coefficient (Wildman–Crippen LogP) is 1.40. The summed E-state index contributed by atoms with van der Waals surface area (Å²) in [6, 6.07) is 4.47. The van der Waals surface area contributed by atoms with Crippen LogP contribution in [-0.4, -0.2) is 36.1 Å². The highest BCUT2D eigenvalue weighted by Crippen LogP contribution is 2.12. The summed E-state index contributed by atoms with van der Waals surface area (Å²) in [6.45, 7) is 1.26. The fraction of sp³-hybridized carbons (Fsp3) is 0.385. The zero-order chi connectivity index (χ0) is 13.7. The van der Waals surface area contributed by atoms with Crippen molar-refractivity contribution in [1.82, 2.24) is 15.3 Å². The number of carbonyl (C=O) groups is 1. The lowest BCUT2D eigenvalue weighted by molar-refractivity contribution is -0.140. The largest absolute Gasteiger partial charge is 0.469 e. The van der Waals surface area contributed by atoms with Gasteiger partial charge < -0.3 is 15.0 Å². The highest BCUT2D eigenvalue weighted by atomic mass is 19.1. The third-order valence-electron chi connectivity index (χ3n) is 2.77. The monoisotopic (exact) mass is 265 g/mol. The number of aromatic amines is 1. The van der Waals surface area contributed by atoms with Gasteiger partial charge in [0.05, 0.1) is 24.6 Å². The zero-order valence-corrected chi connectivity index (χ0v) is 10.7. The molecular formula is C13H16FN3O2. The lowest BCUT2D eigenvalue weighted by atomic mass is 10.3. The Morgan fingerprint density at radius 3 is 3.11 bits per heavy atom. The van der Waals surface area contributed by atoms with Crippen molar-refractivity contribution < 1.29 is 13.9 Å². The van der Waals surface area contributed by atoms with Crippen LogP contribution in [0.1, 0.15) is 12.2 Å². The van der Waals surface area contributed by atoms with Gasteiger partial charge in [0.25, 0.3) is 0 Å². The molecule has 2 N–H and O–H groups in total. The van der Waals surface area contributed by atoms with Gasteiger partial charge in [0, 0.05) is 19.5 Å². The third kappa shape index (κ3) is 3.75. The molecule has 102 valence electrons. The van der Waals surface area contributed by atoms with Gasteiger partial charge in [0.15, 0.2) is 0 Å². The van der Waals surface area contributed by atoms with Crippen LogP contribution in [0.2, 0.25) is 0 Å². The van der Waals surface area contributed by atoms with E-state index in [1.165, 1.54) is 19.2 Å². The molecule has 0 unspecified atom stereocenters. The van der Waals surface area contributed by atoms with E-state index < -0.39 is 0 Å². The Bertz CT molecular complexity index is 568. The van der Waals surface area contributed by atoms with E-state index in [-0.39, 0.29) is 11.8 Å². The Kier molecular flexibility index (Phi) is 4.46. The molecule has 0 aliphatic rings. The van der Waals surface area contributed by atoms with Crippen molar-refractivity contribution in [1.29, 1.82) is 0 Å². The molecule has 0 fully saturated rings. The van der Waals surface area contributed by atoms with Gasteiger partial charge in [-0.3, -0.25) is 4.79 Å². The SMILES string of the molecule is COC(=O)CCNCCc1nc2ccc(F)cc2[nH]1. The molecule has 0 radical (unpaired) electrons. The fourth-order valence-electron chi connectivity index (χ4n) is 1.78. The van der Waals surface area contributed by atoms with Crippen LogP contribution in [-0.2, 0) is 16.0 Å². The highest BCUT2D eigenvalue weighted by Gasteiger charge is 2.04. The number of rotatable bonds is 6. The van der Waals surface area contributed by atoms with Gasteiger partial charge in [-0.25, -0.2) is 9.37 Å². The molecule has 2 aromatic rings. The fourth-order valence-corrected chi connectivity index (χ4v) is 1.78. The van der Waals surface area contributed by atoms with E-state index in [2.05, 4.69) is 20.0 Å². The number of fused-ring (bicyclic) bond motifs is 1. The number of ether oxygens (including phenoxy) is 1. The molecule has 6 heteroatoms. The molecule has 2 rings (SSSR count). The second-order valence-electron chi connectivity index (χ2n) is 4.17. The molecule has 0 aliphatic heterocycles. The van der Waals surface area contributed by atoms with Gasteiger partial charge >= 0.3 is 5.97 Å². The molecule has 1 aromatic carbocycles. The molecule has 0 saturated carbocycles. The highest BCUT2D eigenvalue weighted by molar-refractivity contribution is 5.74. The van der Waals surface area contributed by atoms with Crippen LogP contribution in [0.3, 0.4) is 0 Å². The standard InChI is InChI=1S/C13H16FN3O2/c1-19-13(18)5-7-15-6-4-12-16-10-3-2-9(14)8-11(10)17-12/h2-3,8,15H,4-7H2,1H3,(H,16,17). The van der Waals surface area contributed by atoms with E-state index in [1.807, 2.05) is 0 Å². The number of nitrogens with one attached hydrogen (secondary N) is 2. The first-order chi connectivity index (χ1) is 9.19. The number of methoxy groups -OCH3 is 1. The minimum atomic E-state index is -0.279. The minimum Gasteiger partial charge on any atom is -0.469 e. The van der Waals surface area contributed by atoms with Gasteiger partial charge in [-0.15, -0.1) is 0 Å². The van der Waals surface area contributed by atoms with Crippen LogP contribution in [0.5, 0.6) is 0 Å². The number of H-pyrrole nitrogens is 1. The van der Waals surface area contributed by atoms with Crippen LogP contribution in [0, 0.1) is 5.82 Å². The van der Waals surface area contributed by atoms with E-state index >= 15 is 0 Å². The number of esters is 1. The summed E-state index contributed by atoms with van der Waals surface area (Å²) in [6.07, 6.45) is 1.04. The van der Waals surface area contributed by atoms with Gasteiger partial charge in [0.1, 0.15) is 11.6 Å². The second-order valence-corrected chi connectivity index (χ2v) is 4.17. The molecule has 0 atom stereocenters. The number of carbonyl (C=O) groups excluding carboxylic acids is 1. The molecule has 0 spiro atoms. The first-order valence-electron chi connectivity index (χ1n) is 6.10. The van der Waals surface area contributed by atoms with Gasteiger partial charge in [-0.2, -0.15) is 0 Å². The number of hydrogen-bond acceptors (Lipinski definition) is 4. The average molecular weight is 265 g/mol. The van der Waals surface area contributed by atoms with Crippen LogP contribution in [0.15, 0.2) is 18.2 Å². The molecule has 5 nitrogen and oxygen atoms in total. The number of benzene rings is 1. The Labute approximate surface area is 110 Å². The first kappa shape index (κ1) is 13.5. The number of imidazole rings is 1. The average Bonchev–Trinajstić information content (AvgIpc) is 2.79. The number of nitrogens with zero attached hydrogens (tertiary/aromatic N) is 1. The summed E-state index contributed by atoms with van der Waals surface area (Å²) < 4.78 is 17.5. The first-order valence-corrected chi connectivity index (χ1v) is 6.10. The normalized spacial score (nSPS) is 10.8. The van der Waals surface area contributed by atoms with E-state index in [4.69, 9.17) is 0 Å². The quantitative estimate of drug-likeness (QED) is 0.612. The van der Waals surface area contributed by atoms with E-state index in [0.717, 1.165) is 11.3 Å². The molecule has 0 bridgehead atoms. The maximum Gasteiger partial charge on any atom is 0.306 e. The van der Waals surface area contributed by atoms with Crippen molar-refractivity contribution in [2.24, 2.45) is 0 Å². The Morgan fingerprint density at radius 1 is 1.47 bits per heavy atom. The van der Waals surface area contributed by atoms with Crippen LogP contribution >= 0.6 is 0 Å². The van der Waals surface area contributed by atoms with Crippen molar-refractivity contribution in [3.63, 3.8) is 0 Å². The maximum absolute atomic E-state index is 13.0.